The first-order valence-electron chi connectivity index (χ1n) is 7.31. The van der Waals surface area contributed by atoms with Crippen molar-refractivity contribution in [1.29, 1.82) is 0 Å². The molecule has 0 aliphatic heterocycles. The van der Waals surface area contributed by atoms with Gasteiger partial charge in [0.15, 0.2) is 0 Å². The Morgan fingerprint density at radius 2 is 2.20 bits per heavy atom. The van der Waals surface area contributed by atoms with Crippen LogP contribution in [0.2, 0.25) is 0 Å². The van der Waals surface area contributed by atoms with Gasteiger partial charge >= 0.3 is 0 Å². The molecule has 4 nitrogen and oxygen atoms in total. The van der Waals surface area contributed by atoms with Crippen molar-refractivity contribution in [2.24, 2.45) is 0 Å². The molecule has 0 amide bonds. The Hall–Kier alpha value is -1.10. The van der Waals surface area contributed by atoms with Crippen LogP contribution in [-0.4, -0.2) is 44.6 Å². The highest BCUT2D eigenvalue weighted by Crippen LogP contribution is 2.22. The minimum absolute atomic E-state index is 0.368. The van der Waals surface area contributed by atoms with Gasteiger partial charge in [0.05, 0.1) is 12.7 Å². The van der Waals surface area contributed by atoms with Crippen LogP contribution in [0.5, 0.6) is 0 Å². The average molecular weight is 278 g/mol. The SMILES string of the molecule is COCC(O)CN(C)c1ccc(CNC2CC2)cc1C. The van der Waals surface area contributed by atoms with Crippen molar-refractivity contribution in [3.8, 4) is 0 Å². The zero-order chi connectivity index (χ0) is 14.5. The summed E-state index contributed by atoms with van der Waals surface area (Å²) in [7, 11) is 3.61. The number of hydrogen-bond donors (Lipinski definition) is 2. The third kappa shape index (κ3) is 4.47. The van der Waals surface area contributed by atoms with Crippen LogP contribution >= 0.6 is 0 Å². The Morgan fingerprint density at radius 1 is 1.45 bits per heavy atom. The molecule has 1 fully saturated rings. The highest BCUT2D eigenvalue weighted by molar-refractivity contribution is 5.54. The van der Waals surface area contributed by atoms with Gasteiger partial charge < -0.3 is 20.1 Å². The predicted octanol–water partition coefficient (Wildman–Crippen LogP) is 1.69. The van der Waals surface area contributed by atoms with Gasteiger partial charge in [-0.1, -0.05) is 12.1 Å². The second-order valence-electron chi connectivity index (χ2n) is 5.77. The van der Waals surface area contributed by atoms with Crippen molar-refractivity contribution >= 4 is 5.69 Å². The van der Waals surface area contributed by atoms with E-state index < -0.39 is 6.10 Å². The van der Waals surface area contributed by atoms with E-state index in [0.717, 1.165) is 18.3 Å². The van der Waals surface area contributed by atoms with Crippen LogP contribution in [-0.2, 0) is 11.3 Å². The number of nitrogens with one attached hydrogen (secondary N) is 1. The lowest BCUT2D eigenvalue weighted by Crippen LogP contribution is -2.32. The topological polar surface area (TPSA) is 44.7 Å². The van der Waals surface area contributed by atoms with Crippen LogP contribution in [0, 0.1) is 6.92 Å². The van der Waals surface area contributed by atoms with Crippen molar-refractivity contribution in [3.63, 3.8) is 0 Å². The molecule has 1 aliphatic rings. The van der Waals surface area contributed by atoms with Gasteiger partial charge in [0.2, 0.25) is 0 Å². The van der Waals surface area contributed by atoms with E-state index in [0.29, 0.717) is 13.2 Å². The Bertz CT molecular complexity index is 432. The molecule has 0 radical (unpaired) electrons. The Balaban J connectivity index is 1.93. The lowest BCUT2D eigenvalue weighted by atomic mass is 10.1. The van der Waals surface area contributed by atoms with Crippen molar-refractivity contribution in [2.45, 2.75) is 38.5 Å². The minimum Gasteiger partial charge on any atom is -0.389 e. The van der Waals surface area contributed by atoms with Gasteiger partial charge in [-0.3, -0.25) is 0 Å². The van der Waals surface area contributed by atoms with E-state index in [2.05, 4.69) is 35.3 Å². The first-order valence-corrected chi connectivity index (χ1v) is 7.31. The molecule has 0 aromatic heterocycles. The molecule has 1 aromatic carbocycles. The number of ether oxygens (including phenoxy) is 1. The maximum Gasteiger partial charge on any atom is 0.0947 e. The summed E-state index contributed by atoms with van der Waals surface area (Å²) in [5.74, 6) is 0. The number of aliphatic hydroxyl groups excluding tert-OH is 1. The number of rotatable bonds is 8. The van der Waals surface area contributed by atoms with Crippen molar-refractivity contribution < 1.29 is 9.84 Å². The molecule has 4 heteroatoms. The highest BCUT2D eigenvalue weighted by atomic mass is 16.5. The lowest BCUT2D eigenvalue weighted by Gasteiger charge is -2.24. The molecular formula is C16H26N2O2. The quantitative estimate of drug-likeness (QED) is 0.759. The minimum atomic E-state index is -0.458. The van der Waals surface area contributed by atoms with E-state index in [1.807, 2.05) is 7.05 Å². The van der Waals surface area contributed by atoms with Gasteiger partial charge in [0, 0.05) is 39.0 Å². The fourth-order valence-electron chi connectivity index (χ4n) is 2.47. The van der Waals surface area contributed by atoms with E-state index in [-0.39, 0.29) is 0 Å². The molecule has 1 atom stereocenters. The third-order valence-electron chi connectivity index (χ3n) is 3.69. The Kier molecular flexibility index (Phi) is 5.40. The summed E-state index contributed by atoms with van der Waals surface area (Å²) in [5, 5.41) is 13.3. The Labute approximate surface area is 121 Å². The first kappa shape index (κ1) is 15.3. The molecular weight excluding hydrogens is 252 g/mol. The van der Waals surface area contributed by atoms with Crippen molar-refractivity contribution in [1.82, 2.24) is 5.32 Å². The number of hydrogen-bond acceptors (Lipinski definition) is 4. The molecule has 2 rings (SSSR count). The molecule has 112 valence electrons. The number of nitrogens with zero attached hydrogens (tertiary/aromatic N) is 1. The van der Waals surface area contributed by atoms with E-state index in [9.17, 15) is 5.11 Å². The van der Waals surface area contributed by atoms with E-state index in [1.54, 1.807) is 7.11 Å². The maximum absolute atomic E-state index is 9.80. The van der Waals surface area contributed by atoms with Crippen LogP contribution in [0.25, 0.3) is 0 Å². The number of anilines is 1. The molecule has 1 aromatic rings. The number of methoxy groups -OCH3 is 1. The normalized spacial score (nSPS) is 16.2. The molecule has 0 heterocycles. The number of benzene rings is 1. The summed E-state index contributed by atoms with van der Waals surface area (Å²) >= 11 is 0. The summed E-state index contributed by atoms with van der Waals surface area (Å²) in [4.78, 5) is 2.08. The van der Waals surface area contributed by atoms with E-state index >= 15 is 0 Å². The van der Waals surface area contributed by atoms with Gasteiger partial charge in [-0.15, -0.1) is 0 Å². The van der Waals surface area contributed by atoms with Crippen LogP contribution in [0.4, 0.5) is 5.69 Å². The van der Waals surface area contributed by atoms with Gasteiger partial charge in [0.1, 0.15) is 0 Å². The average Bonchev–Trinajstić information content (AvgIpc) is 3.20. The van der Waals surface area contributed by atoms with Gasteiger partial charge in [0.25, 0.3) is 0 Å². The molecule has 0 bridgehead atoms. The summed E-state index contributed by atoms with van der Waals surface area (Å²) in [6.45, 7) is 4.01. The fourth-order valence-corrected chi connectivity index (χ4v) is 2.47. The zero-order valence-electron chi connectivity index (χ0n) is 12.7. The third-order valence-corrected chi connectivity index (χ3v) is 3.69. The number of aliphatic hydroxyl groups is 1. The van der Waals surface area contributed by atoms with Crippen LogP contribution in [0.3, 0.4) is 0 Å². The largest absolute Gasteiger partial charge is 0.389 e. The van der Waals surface area contributed by atoms with Gasteiger partial charge in [-0.25, -0.2) is 0 Å². The lowest BCUT2D eigenvalue weighted by molar-refractivity contribution is 0.0695. The molecule has 1 unspecified atom stereocenters. The summed E-state index contributed by atoms with van der Waals surface area (Å²) < 4.78 is 4.97. The summed E-state index contributed by atoms with van der Waals surface area (Å²) in [5.41, 5.74) is 3.73. The molecule has 1 saturated carbocycles. The fraction of sp³-hybridized carbons (Fsp3) is 0.625. The van der Waals surface area contributed by atoms with Gasteiger partial charge in [-0.2, -0.15) is 0 Å². The smallest absolute Gasteiger partial charge is 0.0947 e. The zero-order valence-corrected chi connectivity index (χ0v) is 12.7. The monoisotopic (exact) mass is 278 g/mol. The standard InChI is InChI=1S/C16H26N2O2/c1-12-8-13(9-17-14-5-6-14)4-7-16(12)18(2)10-15(19)11-20-3/h4,7-8,14-15,17,19H,5-6,9-11H2,1-3H3. The maximum atomic E-state index is 9.80. The molecule has 0 spiro atoms. The molecule has 1 aliphatic carbocycles. The predicted molar refractivity (Wildman–Crippen MR) is 82.2 cm³/mol. The van der Waals surface area contributed by atoms with Gasteiger partial charge in [-0.05, 0) is 37.0 Å². The van der Waals surface area contributed by atoms with Crippen LogP contribution in [0.1, 0.15) is 24.0 Å². The second-order valence-corrected chi connectivity index (χ2v) is 5.77. The first-order chi connectivity index (χ1) is 9.60. The number of likely N-dealkylation sites (N-methyl/N-ethyl adjacent to an activating group) is 1. The van der Waals surface area contributed by atoms with Crippen LogP contribution < -0.4 is 10.2 Å². The highest BCUT2D eigenvalue weighted by Gasteiger charge is 2.20. The van der Waals surface area contributed by atoms with Crippen LogP contribution in [0.15, 0.2) is 18.2 Å². The Morgan fingerprint density at radius 3 is 2.80 bits per heavy atom. The number of aryl methyl sites for hydroxylation is 1. The molecule has 0 saturated heterocycles. The molecule has 2 N–H and O–H groups in total. The van der Waals surface area contributed by atoms with Crippen molar-refractivity contribution in [2.75, 3.05) is 32.2 Å². The van der Waals surface area contributed by atoms with Crippen molar-refractivity contribution in [3.05, 3.63) is 29.3 Å². The van der Waals surface area contributed by atoms with E-state index in [1.165, 1.54) is 24.0 Å². The van der Waals surface area contributed by atoms with E-state index in [4.69, 9.17) is 4.74 Å². The summed E-state index contributed by atoms with van der Waals surface area (Å²) in [6, 6.07) is 7.27. The summed E-state index contributed by atoms with van der Waals surface area (Å²) in [6.07, 6.45) is 2.18. The second kappa shape index (κ2) is 7.07. The molecule has 20 heavy (non-hydrogen) atoms.